The molecular formula is C9H17O-. The summed E-state index contributed by atoms with van der Waals surface area (Å²) in [6.07, 6.45) is 6.32. The van der Waals surface area contributed by atoms with Gasteiger partial charge in [-0.1, -0.05) is 44.9 Å². The van der Waals surface area contributed by atoms with Gasteiger partial charge in [-0.2, -0.15) is 0 Å². The monoisotopic (exact) mass is 141 g/mol. The highest BCUT2D eigenvalue weighted by Crippen LogP contribution is 2.29. The van der Waals surface area contributed by atoms with E-state index in [-0.39, 0.29) is 6.61 Å². The Balaban J connectivity index is 2.17. The van der Waals surface area contributed by atoms with Crippen molar-refractivity contribution in [2.75, 3.05) is 6.61 Å². The molecule has 0 heterocycles. The van der Waals surface area contributed by atoms with E-state index in [1.807, 2.05) is 0 Å². The third kappa shape index (κ3) is 1.98. The van der Waals surface area contributed by atoms with Crippen LogP contribution in [0.25, 0.3) is 0 Å². The smallest absolute Gasteiger partial charge is 0.0417 e. The molecule has 0 bridgehead atoms. The van der Waals surface area contributed by atoms with Gasteiger partial charge in [0.2, 0.25) is 0 Å². The van der Waals surface area contributed by atoms with Crippen LogP contribution in [-0.2, 0) is 0 Å². The van der Waals surface area contributed by atoms with Gasteiger partial charge in [0.15, 0.2) is 0 Å². The summed E-state index contributed by atoms with van der Waals surface area (Å²) in [6, 6.07) is 0. The lowest BCUT2D eigenvalue weighted by atomic mass is 9.81. The summed E-state index contributed by atoms with van der Waals surface area (Å²) in [5.41, 5.74) is 0. The molecule has 0 aliphatic heterocycles. The van der Waals surface area contributed by atoms with Crippen molar-refractivity contribution in [2.45, 2.75) is 39.0 Å². The second-order valence-corrected chi connectivity index (χ2v) is 3.46. The van der Waals surface area contributed by atoms with Crippen LogP contribution < -0.4 is 5.11 Å². The van der Waals surface area contributed by atoms with Gasteiger partial charge in [0.05, 0.1) is 0 Å². The van der Waals surface area contributed by atoms with E-state index >= 15 is 0 Å². The summed E-state index contributed by atoms with van der Waals surface area (Å²) in [7, 11) is 0. The minimum Gasteiger partial charge on any atom is -0.854 e. The standard InChI is InChI=1S/C9H17O/c1-2-8-3-5-9(7-10)6-4-8/h8-9H,2-7H2,1H3/q-1. The molecule has 0 aromatic heterocycles. The Hall–Kier alpha value is -0.0400. The molecule has 0 atom stereocenters. The van der Waals surface area contributed by atoms with Crippen LogP contribution in [0.5, 0.6) is 0 Å². The van der Waals surface area contributed by atoms with Crippen LogP contribution in [0, 0.1) is 11.8 Å². The Morgan fingerprint density at radius 2 is 1.60 bits per heavy atom. The molecule has 1 heteroatoms. The first kappa shape index (κ1) is 8.06. The topological polar surface area (TPSA) is 23.1 Å². The summed E-state index contributed by atoms with van der Waals surface area (Å²) in [5.74, 6) is 1.45. The highest BCUT2D eigenvalue weighted by molar-refractivity contribution is 4.70. The molecule has 0 aromatic carbocycles. The summed E-state index contributed by atoms with van der Waals surface area (Å²) < 4.78 is 0. The van der Waals surface area contributed by atoms with Crippen molar-refractivity contribution in [3.05, 3.63) is 0 Å². The van der Waals surface area contributed by atoms with Gasteiger partial charge in [0.1, 0.15) is 0 Å². The van der Waals surface area contributed by atoms with Crippen LogP contribution in [-0.4, -0.2) is 6.61 Å². The van der Waals surface area contributed by atoms with Crippen molar-refractivity contribution in [3.8, 4) is 0 Å². The molecule has 0 radical (unpaired) electrons. The highest BCUT2D eigenvalue weighted by atomic mass is 16.3. The SMILES string of the molecule is CCC1CCC(C[O-])CC1. The Morgan fingerprint density at radius 1 is 1.10 bits per heavy atom. The van der Waals surface area contributed by atoms with Crippen molar-refractivity contribution < 1.29 is 5.11 Å². The summed E-state index contributed by atoms with van der Waals surface area (Å²) in [4.78, 5) is 0. The lowest BCUT2D eigenvalue weighted by Crippen LogP contribution is -2.23. The first-order valence-corrected chi connectivity index (χ1v) is 4.45. The van der Waals surface area contributed by atoms with Crippen LogP contribution in [0.1, 0.15) is 39.0 Å². The Bertz CT molecular complexity index is 70.7. The second kappa shape index (κ2) is 3.97. The van der Waals surface area contributed by atoms with Crippen LogP contribution in [0.15, 0.2) is 0 Å². The quantitative estimate of drug-likeness (QED) is 0.572. The third-order valence-corrected chi connectivity index (χ3v) is 2.78. The van der Waals surface area contributed by atoms with Crippen molar-refractivity contribution in [3.63, 3.8) is 0 Å². The van der Waals surface area contributed by atoms with Gasteiger partial charge < -0.3 is 5.11 Å². The van der Waals surface area contributed by atoms with Crippen LogP contribution >= 0.6 is 0 Å². The fourth-order valence-corrected chi connectivity index (χ4v) is 1.81. The van der Waals surface area contributed by atoms with E-state index in [1.54, 1.807) is 0 Å². The molecule has 0 aromatic rings. The predicted molar refractivity (Wildman–Crippen MR) is 40.6 cm³/mol. The van der Waals surface area contributed by atoms with Gasteiger partial charge in [0, 0.05) is 0 Å². The van der Waals surface area contributed by atoms with E-state index in [0.717, 1.165) is 5.92 Å². The number of rotatable bonds is 2. The zero-order valence-electron chi connectivity index (χ0n) is 6.81. The summed E-state index contributed by atoms with van der Waals surface area (Å²) in [5, 5.41) is 10.5. The minimum absolute atomic E-state index is 0.163. The zero-order chi connectivity index (χ0) is 7.40. The first-order valence-electron chi connectivity index (χ1n) is 4.45. The van der Waals surface area contributed by atoms with Gasteiger partial charge in [0.25, 0.3) is 0 Å². The lowest BCUT2D eigenvalue weighted by Gasteiger charge is -2.29. The summed E-state index contributed by atoms with van der Waals surface area (Å²) >= 11 is 0. The van der Waals surface area contributed by atoms with Gasteiger partial charge in [-0.3, -0.25) is 0 Å². The van der Waals surface area contributed by atoms with E-state index in [4.69, 9.17) is 0 Å². The third-order valence-electron chi connectivity index (χ3n) is 2.78. The van der Waals surface area contributed by atoms with E-state index < -0.39 is 0 Å². The zero-order valence-corrected chi connectivity index (χ0v) is 6.81. The molecule has 0 unspecified atom stereocenters. The van der Waals surface area contributed by atoms with Gasteiger partial charge in [-0.25, -0.2) is 0 Å². The van der Waals surface area contributed by atoms with Crippen molar-refractivity contribution >= 4 is 0 Å². The minimum atomic E-state index is 0.163. The van der Waals surface area contributed by atoms with E-state index in [9.17, 15) is 5.11 Å². The van der Waals surface area contributed by atoms with Crippen molar-refractivity contribution in [2.24, 2.45) is 11.8 Å². The average molecular weight is 141 g/mol. The second-order valence-electron chi connectivity index (χ2n) is 3.46. The molecule has 1 rings (SSSR count). The van der Waals surface area contributed by atoms with Gasteiger partial charge in [-0.05, 0) is 5.92 Å². The normalized spacial score (nSPS) is 34.2. The van der Waals surface area contributed by atoms with Gasteiger partial charge >= 0.3 is 0 Å². The molecule has 0 saturated heterocycles. The van der Waals surface area contributed by atoms with Crippen molar-refractivity contribution in [1.82, 2.24) is 0 Å². The molecule has 10 heavy (non-hydrogen) atoms. The van der Waals surface area contributed by atoms with Crippen molar-refractivity contribution in [1.29, 1.82) is 0 Å². The molecule has 1 nitrogen and oxygen atoms in total. The number of hydrogen-bond acceptors (Lipinski definition) is 1. The Morgan fingerprint density at radius 3 is 2.00 bits per heavy atom. The van der Waals surface area contributed by atoms with Gasteiger partial charge in [-0.15, -0.1) is 6.61 Å². The molecule has 1 saturated carbocycles. The Kier molecular flexibility index (Phi) is 3.20. The highest BCUT2D eigenvalue weighted by Gasteiger charge is 2.16. The Labute approximate surface area is 63.4 Å². The fourth-order valence-electron chi connectivity index (χ4n) is 1.81. The molecule has 60 valence electrons. The average Bonchev–Trinajstić information content (AvgIpc) is 2.05. The lowest BCUT2D eigenvalue weighted by molar-refractivity contribution is -0.380. The van der Waals surface area contributed by atoms with E-state index in [0.29, 0.717) is 5.92 Å². The molecule has 0 N–H and O–H groups in total. The molecular weight excluding hydrogens is 124 g/mol. The van der Waals surface area contributed by atoms with E-state index in [1.165, 1.54) is 32.1 Å². The molecule has 0 amide bonds. The summed E-state index contributed by atoms with van der Waals surface area (Å²) in [6.45, 7) is 2.42. The molecule has 0 spiro atoms. The maximum Gasteiger partial charge on any atom is -0.0417 e. The molecule has 1 fully saturated rings. The van der Waals surface area contributed by atoms with Crippen LogP contribution in [0.2, 0.25) is 0 Å². The fraction of sp³-hybridized carbons (Fsp3) is 1.00. The van der Waals surface area contributed by atoms with E-state index in [2.05, 4.69) is 6.92 Å². The van der Waals surface area contributed by atoms with Crippen LogP contribution in [0.4, 0.5) is 0 Å². The largest absolute Gasteiger partial charge is 0.854 e. The van der Waals surface area contributed by atoms with Crippen LogP contribution in [0.3, 0.4) is 0 Å². The maximum atomic E-state index is 10.5. The predicted octanol–water partition coefficient (Wildman–Crippen LogP) is 1.56. The first-order chi connectivity index (χ1) is 4.86. The molecule has 1 aliphatic carbocycles. The number of hydrogen-bond donors (Lipinski definition) is 0. The molecule has 1 aliphatic rings. The maximum absolute atomic E-state index is 10.5.